The van der Waals surface area contributed by atoms with E-state index in [1.807, 2.05) is 0 Å². The molecule has 4 rings (SSSR count). The van der Waals surface area contributed by atoms with Crippen LogP contribution in [-0.2, 0) is 10.9 Å². The molecule has 2 N–H and O–H groups in total. The van der Waals surface area contributed by atoms with Crippen molar-refractivity contribution in [2.75, 3.05) is 5.32 Å². The highest BCUT2D eigenvalue weighted by Gasteiger charge is 2.37. The van der Waals surface area contributed by atoms with Crippen LogP contribution in [0.3, 0.4) is 0 Å². The maximum atomic E-state index is 13.3. The number of aromatic amines is 1. The van der Waals surface area contributed by atoms with Crippen molar-refractivity contribution < 1.29 is 17.9 Å². The Kier molecular flexibility index (Phi) is 3.73. The van der Waals surface area contributed by atoms with Gasteiger partial charge in [0.25, 0.3) is 0 Å². The van der Waals surface area contributed by atoms with Gasteiger partial charge in [0.15, 0.2) is 11.7 Å². The van der Waals surface area contributed by atoms with Crippen molar-refractivity contribution in [1.29, 1.82) is 0 Å². The molecule has 3 aromatic rings. The molecule has 8 heteroatoms. The van der Waals surface area contributed by atoms with Crippen molar-refractivity contribution in [3.63, 3.8) is 0 Å². The molecule has 1 aliphatic rings. The molecule has 3 heterocycles. The van der Waals surface area contributed by atoms with E-state index in [1.165, 1.54) is 12.1 Å². The first-order chi connectivity index (χ1) is 12.4. The Balaban J connectivity index is 1.89. The standard InChI is InChI=1S/C18H14F3N3O2/c1-9-14-13(17(26-9)23-12-7-2-3-8-22-12)16(25)10-5-4-6-11(15(10)24-14)18(19,20)21/h2-9,17H,1H3,(H,22,23)(H,24,25). The number of fused-ring (bicyclic) bond motifs is 2. The number of hydrogen-bond acceptors (Lipinski definition) is 4. The van der Waals surface area contributed by atoms with Gasteiger partial charge in [0, 0.05) is 11.6 Å². The van der Waals surface area contributed by atoms with E-state index in [-0.39, 0.29) is 16.5 Å². The van der Waals surface area contributed by atoms with E-state index in [9.17, 15) is 18.0 Å². The number of pyridine rings is 2. The van der Waals surface area contributed by atoms with E-state index >= 15 is 0 Å². The van der Waals surface area contributed by atoms with E-state index in [2.05, 4.69) is 15.3 Å². The van der Waals surface area contributed by atoms with E-state index in [0.717, 1.165) is 6.07 Å². The first-order valence-electron chi connectivity index (χ1n) is 7.95. The normalized spacial score (nSPS) is 19.5. The molecule has 2 unspecified atom stereocenters. The number of nitrogens with zero attached hydrogens (tertiary/aromatic N) is 1. The first kappa shape index (κ1) is 16.6. The summed E-state index contributed by atoms with van der Waals surface area (Å²) in [5, 5.41) is 2.98. The average molecular weight is 361 g/mol. The van der Waals surface area contributed by atoms with Crippen LogP contribution in [0, 0.1) is 0 Å². The topological polar surface area (TPSA) is 67.0 Å². The molecular weight excluding hydrogens is 347 g/mol. The van der Waals surface area contributed by atoms with Gasteiger partial charge in [0.1, 0.15) is 5.82 Å². The molecule has 0 fully saturated rings. The van der Waals surface area contributed by atoms with E-state index in [4.69, 9.17) is 4.74 Å². The van der Waals surface area contributed by atoms with Gasteiger partial charge < -0.3 is 15.0 Å². The quantitative estimate of drug-likeness (QED) is 0.720. The highest BCUT2D eigenvalue weighted by atomic mass is 19.4. The summed E-state index contributed by atoms with van der Waals surface area (Å²) in [4.78, 5) is 19.8. The summed E-state index contributed by atoms with van der Waals surface area (Å²) in [7, 11) is 0. The van der Waals surface area contributed by atoms with Gasteiger partial charge in [-0.1, -0.05) is 12.1 Å². The number of H-pyrrole nitrogens is 1. The maximum absolute atomic E-state index is 13.3. The van der Waals surface area contributed by atoms with Crippen molar-refractivity contribution >= 4 is 16.7 Å². The van der Waals surface area contributed by atoms with Gasteiger partial charge in [-0.05, 0) is 31.2 Å². The van der Waals surface area contributed by atoms with Crippen LogP contribution < -0.4 is 10.7 Å². The van der Waals surface area contributed by atoms with E-state index in [0.29, 0.717) is 11.5 Å². The summed E-state index contributed by atoms with van der Waals surface area (Å²) in [5.74, 6) is 0.501. The maximum Gasteiger partial charge on any atom is 0.418 e. The van der Waals surface area contributed by atoms with Crippen molar-refractivity contribution in [3.8, 4) is 0 Å². The number of halogens is 3. The number of anilines is 1. The lowest BCUT2D eigenvalue weighted by Crippen LogP contribution is -2.20. The molecule has 0 aliphatic carbocycles. The summed E-state index contributed by atoms with van der Waals surface area (Å²) in [6, 6.07) is 8.79. The first-order valence-corrected chi connectivity index (χ1v) is 7.95. The largest absolute Gasteiger partial charge is 0.418 e. The van der Waals surface area contributed by atoms with Gasteiger partial charge in [-0.25, -0.2) is 4.98 Å². The number of alkyl halides is 3. The smallest absolute Gasteiger partial charge is 0.355 e. The van der Waals surface area contributed by atoms with Gasteiger partial charge in [0.05, 0.1) is 28.4 Å². The number of benzene rings is 1. The molecule has 1 aromatic carbocycles. The van der Waals surface area contributed by atoms with Crippen molar-refractivity contribution in [2.45, 2.75) is 25.4 Å². The molecule has 134 valence electrons. The second-order valence-corrected chi connectivity index (χ2v) is 6.03. The number of ether oxygens (including phenoxy) is 1. The minimum Gasteiger partial charge on any atom is -0.355 e. The minimum absolute atomic E-state index is 0.0240. The lowest BCUT2D eigenvalue weighted by atomic mass is 10.0. The summed E-state index contributed by atoms with van der Waals surface area (Å²) in [5.41, 5.74) is -0.971. The van der Waals surface area contributed by atoms with E-state index in [1.54, 1.807) is 31.3 Å². The zero-order chi connectivity index (χ0) is 18.5. The molecule has 0 saturated carbocycles. The van der Waals surface area contributed by atoms with Gasteiger partial charge in [-0.2, -0.15) is 13.2 Å². The molecule has 2 aromatic heterocycles. The fourth-order valence-corrected chi connectivity index (χ4v) is 3.19. The second kappa shape index (κ2) is 5.84. The molecule has 0 bridgehead atoms. The van der Waals surface area contributed by atoms with Crippen LogP contribution in [0.5, 0.6) is 0 Å². The predicted molar refractivity (Wildman–Crippen MR) is 89.7 cm³/mol. The number of rotatable bonds is 2. The third-order valence-electron chi connectivity index (χ3n) is 4.36. The summed E-state index contributed by atoms with van der Waals surface area (Å²) in [6.07, 6.45) is -4.34. The summed E-state index contributed by atoms with van der Waals surface area (Å²) in [6.45, 7) is 1.68. The number of nitrogens with one attached hydrogen (secondary N) is 2. The monoisotopic (exact) mass is 361 g/mol. The van der Waals surface area contributed by atoms with Crippen molar-refractivity contribution in [1.82, 2.24) is 9.97 Å². The third-order valence-corrected chi connectivity index (χ3v) is 4.36. The molecular formula is C18H14F3N3O2. The Morgan fingerprint density at radius 1 is 1.19 bits per heavy atom. The van der Waals surface area contributed by atoms with Crippen molar-refractivity contribution in [3.05, 3.63) is 69.6 Å². The fraction of sp³-hybridized carbons (Fsp3) is 0.222. The zero-order valence-corrected chi connectivity index (χ0v) is 13.6. The second-order valence-electron chi connectivity index (χ2n) is 6.03. The molecule has 2 atom stereocenters. The van der Waals surface area contributed by atoms with Crippen LogP contribution in [-0.4, -0.2) is 9.97 Å². The molecule has 0 amide bonds. The lowest BCUT2D eigenvalue weighted by Gasteiger charge is -2.15. The highest BCUT2D eigenvalue weighted by Crippen LogP contribution is 2.39. The third kappa shape index (κ3) is 2.62. The Bertz CT molecular complexity index is 1030. The Morgan fingerprint density at radius 3 is 2.69 bits per heavy atom. The van der Waals surface area contributed by atoms with Crippen LogP contribution in [0.15, 0.2) is 47.4 Å². The van der Waals surface area contributed by atoms with Crippen LogP contribution in [0.1, 0.15) is 36.1 Å². The molecule has 1 aliphatic heterocycles. The van der Waals surface area contributed by atoms with Gasteiger partial charge in [0.2, 0.25) is 0 Å². The SMILES string of the molecule is CC1OC(Nc2ccccn2)c2c1[nH]c1c(C(F)(F)F)cccc1c2=O. The van der Waals surface area contributed by atoms with Crippen LogP contribution in [0.2, 0.25) is 0 Å². The van der Waals surface area contributed by atoms with Crippen LogP contribution in [0.4, 0.5) is 19.0 Å². The summed E-state index contributed by atoms with van der Waals surface area (Å²) < 4.78 is 45.6. The number of hydrogen-bond donors (Lipinski definition) is 2. The van der Waals surface area contributed by atoms with Crippen molar-refractivity contribution in [2.24, 2.45) is 0 Å². The molecule has 26 heavy (non-hydrogen) atoms. The Labute approximate surface area is 145 Å². The number of aromatic nitrogens is 2. The Morgan fingerprint density at radius 2 is 2.00 bits per heavy atom. The number of para-hydroxylation sites is 1. The fourth-order valence-electron chi connectivity index (χ4n) is 3.19. The summed E-state index contributed by atoms with van der Waals surface area (Å²) >= 11 is 0. The van der Waals surface area contributed by atoms with E-state index < -0.39 is 29.5 Å². The van der Waals surface area contributed by atoms with Gasteiger partial charge in [-0.3, -0.25) is 4.79 Å². The average Bonchev–Trinajstić information content (AvgIpc) is 2.90. The zero-order valence-electron chi connectivity index (χ0n) is 13.6. The molecule has 0 spiro atoms. The molecule has 0 saturated heterocycles. The lowest BCUT2D eigenvalue weighted by molar-refractivity contribution is -0.136. The van der Waals surface area contributed by atoms with Crippen LogP contribution in [0.25, 0.3) is 10.9 Å². The van der Waals surface area contributed by atoms with Gasteiger partial charge in [-0.15, -0.1) is 0 Å². The highest BCUT2D eigenvalue weighted by molar-refractivity contribution is 5.83. The van der Waals surface area contributed by atoms with Crippen LogP contribution >= 0.6 is 0 Å². The molecule has 0 radical (unpaired) electrons. The van der Waals surface area contributed by atoms with Gasteiger partial charge >= 0.3 is 6.18 Å². The minimum atomic E-state index is -4.56. The Hall–Kier alpha value is -2.87. The molecule has 5 nitrogen and oxygen atoms in total. The predicted octanol–water partition coefficient (Wildman–Crippen LogP) is 4.14.